The van der Waals surface area contributed by atoms with Gasteiger partial charge < -0.3 is 9.15 Å². The topological polar surface area (TPSA) is 65.4 Å². The van der Waals surface area contributed by atoms with Gasteiger partial charge in [0.2, 0.25) is 5.16 Å². The molecule has 0 N–H and O–H groups in total. The number of nitrogens with zero attached hydrogens (tertiary/aromatic N) is 4. The summed E-state index contributed by atoms with van der Waals surface area (Å²) in [7, 11) is 1.64. The minimum Gasteiger partial charge on any atom is -0.497 e. The van der Waals surface area contributed by atoms with E-state index in [-0.39, 0.29) is 0 Å². The molecule has 0 amide bonds. The number of aromatic nitrogens is 3. The Morgan fingerprint density at radius 3 is 2.57 bits per heavy atom. The maximum Gasteiger partial charge on any atom is 0.212 e. The van der Waals surface area contributed by atoms with E-state index >= 15 is 0 Å². The van der Waals surface area contributed by atoms with Gasteiger partial charge in [-0.1, -0.05) is 42.1 Å². The maximum atomic E-state index is 5.35. The average Bonchev–Trinajstić information content (AvgIpc) is 3.41. The van der Waals surface area contributed by atoms with Gasteiger partial charge in [0.25, 0.3) is 0 Å². The molecule has 0 aliphatic heterocycles. The van der Waals surface area contributed by atoms with Crippen molar-refractivity contribution < 1.29 is 9.15 Å². The monoisotopic (exact) mass is 390 g/mol. The first-order valence-electron chi connectivity index (χ1n) is 8.68. The molecule has 140 valence electrons. The third kappa shape index (κ3) is 4.15. The van der Waals surface area contributed by atoms with E-state index in [1.54, 1.807) is 36.0 Å². The highest BCUT2D eigenvalue weighted by molar-refractivity contribution is 7.98. The van der Waals surface area contributed by atoms with Crippen LogP contribution in [-0.4, -0.2) is 28.2 Å². The zero-order valence-electron chi connectivity index (χ0n) is 15.2. The Kier molecular flexibility index (Phi) is 5.53. The van der Waals surface area contributed by atoms with E-state index in [1.165, 1.54) is 5.56 Å². The lowest BCUT2D eigenvalue weighted by atomic mass is 10.2. The molecule has 2 heterocycles. The minimum atomic E-state index is 0.654. The van der Waals surface area contributed by atoms with Crippen molar-refractivity contribution in [3.05, 3.63) is 84.3 Å². The highest BCUT2D eigenvalue weighted by atomic mass is 32.2. The molecule has 28 heavy (non-hydrogen) atoms. The summed E-state index contributed by atoms with van der Waals surface area (Å²) in [4.78, 5) is 0. The largest absolute Gasteiger partial charge is 0.497 e. The maximum absolute atomic E-state index is 5.35. The van der Waals surface area contributed by atoms with E-state index in [4.69, 9.17) is 9.15 Å². The van der Waals surface area contributed by atoms with Crippen LogP contribution < -0.4 is 4.74 Å². The number of thioether (sulfide) groups is 1. The molecule has 0 saturated carbocycles. The molecule has 0 aliphatic carbocycles. The van der Waals surface area contributed by atoms with Gasteiger partial charge in [0.05, 0.1) is 19.6 Å². The number of furan rings is 1. The molecule has 2 aromatic heterocycles. The molecule has 4 aromatic rings. The van der Waals surface area contributed by atoms with Crippen LogP contribution in [0.2, 0.25) is 0 Å². The van der Waals surface area contributed by atoms with Gasteiger partial charge in [0.15, 0.2) is 5.82 Å². The second-order valence-corrected chi connectivity index (χ2v) is 6.82. The van der Waals surface area contributed by atoms with Gasteiger partial charge in [-0.15, -0.1) is 10.2 Å². The first-order valence-corrected chi connectivity index (χ1v) is 9.66. The lowest BCUT2D eigenvalue weighted by molar-refractivity contribution is 0.415. The van der Waals surface area contributed by atoms with E-state index in [2.05, 4.69) is 27.4 Å². The zero-order chi connectivity index (χ0) is 19.2. The predicted molar refractivity (Wildman–Crippen MR) is 110 cm³/mol. The van der Waals surface area contributed by atoms with Gasteiger partial charge in [-0.05, 0) is 42.0 Å². The van der Waals surface area contributed by atoms with E-state index in [0.717, 1.165) is 17.1 Å². The Labute approximate surface area is 166 Å². The fourth-order valence-corrected chi connectivity index (χ4v) is 3.42. The summed E-state index contributed by atoms with van der Waals surface area (Å²) >= 11 is 1.58. The Hall–Kier alpha value is -3.32. The summed E-state index contributed by atoms with van der Waals surface area (Å²) in [6.45, 7) is 0. The lowest BCUT2D eigenvalue weighted by Gasteiger charge is -2.05. The molecule has 0 unspecified atom stereocenters. The molecule has 7 heteroatoms. The lowest BCUT2D eigenvalue weighted by Crippen LogP contribution is -1.97. The van der Waals surface area contributed by atoms with Crippen LogP contribution >= 0.6 is 11.8 Å². The van der Waals surface area contributed by atoms with Gasteiger partial charge >= 0.3 is 0 Å². The molecular weight excluding hydrogens is 372 g/mol. The molecule has 0 radical (unpaired) electrons. The molecule has 0 aliphatic rings. The second-order valence-electron chi connectivity index (χ2n) is 5.88. The summed E-state index contributed by atoms with van der Waals surface area (Å²) in [5.74, 6) is 2.87. The summed E-state index contributed by atoms with van der Waals surface area (Å²) in [6, 6.07) is 21.6. The first kappa shape index (κ1) is 18.1. The zero-order valence-corrected chi connectivity index (χ0v) is 16.0. The molecular formula is C21H18N4O2S. The van der Waals surface area contributed by atoms with Crippen LogP contribution in [0.15, 0.2) is 87.7 Å². The van der Waals surface area contributed by atoms with Crippen LogP contribution in [-0.2, 0) is 5.75 Å². The number of rotatable bonds is 7. The number of benzene rings is 2. The van der Waals surface area contributed by atoms with Crippen LogP contribution in [0, 0.1) is 0 Å². The highest BCUT2D eigenvalue weighted by Gasteiger charge is 2.14. The third-order valence-corrected chi connectivity index (χ3v) is 5.01. The number of hydrogen-bond donors (Lipinski definition) is 0. The van der Waals surface area contributed by atoms with Crippen molar-refractivity contribution in [1.82, 2.24) is 14.9 Å². The van der Waals surface area contributed by atoms with Crippen LogP contribution in [0.1, 0.15) is 11.3 Å². The van der Waals surface area contributed by atoms with Crippen molar-refractivity contribution in [1.29, 1.82) is 0 Å². The molecule has 0 saturated heterocycles. The normalized spacial score (nSPS) is 11.2. The highest BCUT2D eigenvalue weighted by Crippen LogP contribution is 2.27. The van der Waals surface area contributed by atoms with E-state index in [9.17, 15) is 0 Å². The standard InChI is InChI=1S/C21H18N4O2S/c1-26-18-11-9-17(10-12-18)20-23-24-21(28-15-16-6-3-2-4-7-16)25(20)22-14-19-8-5-13-27-19/h2-14H,15H2,1H3. The Morgan fingerprint density at radius 1 is 1.04 bits per heavy atom. The van der Waals surface area contributed by atoms with E-state index in [0.29, 0.717) is 16.7 Å². The second kappa shape index (κ2) is 8.58. The number of hydrogen-bond acceptors (Lipinski definition) is 6. The predicted octanol–water partition coefficient (Wildman–Crippen LogP) is 4.72. The fraction of sp³-hybridized carbons (Fsp3) is 0.0952. The van der Waals surface area contributed by atoms with Gasteiger partial charge in [-0.2, -0.15) is 9.78 Å². The van der Waals surface area contributed by atoms with Crippen molar-refractivity contribution in [2.45, 2.75) is 10.9 Å². The summed E-state index contributed by atoms with van der Waals surface area (Å²) in [6.07, 6.45) is 3.27. The number of ether oxygens (including phenoxy) is 1. The van der Waals surface area contributed by atoms with Crippen molar-refractivity contribution in [2.75, 3.05) is 7.11 Å². The van der Waals surface area contributed by atoms with Crippen molar-refractivity contribution in [3.63, 3.8) is 0 Å². The summed E-state index contributed by atoms with van der Waals surface area (Å²) < 4.78 is 12.3. The Morgan fingerprint density at radius 2 is 1.86 bits per heavy atom. The molecule has 0 spiro atoms. The molecule has 6 nitrogen and oxygen atoms in total. The molecule has 0 atom stereocenters. The Balaban J connectivity index is 1.65. The van der Waals surface area contributed by atoms with Crippen molar-refractivity contribution in [3.8, 4) is 17.1 Å². The smallest absolute Gasteiger partial charge is 0.212 e. The fourth-order valence-electron chi connectivity index (χ4n) is 2.58. The van der Waals surface area contributed by atoms with Crippen molar-refractivity contribution in [2.24, 2.45) is 5.10 Å². The van der Waals surface area contributed by atoms with E-state index in [1.807, 2.05) is 54.6 Å². The quantitative estimate of drug-likeness (QED) is 0.337. The third-order valence-electron chi connectivity index (χ3n) is 4.01. The van der Waals surface area contributed by atoms with Gasteiger partial charge in [0, 0.05) is 11.3 Å². The average molecular weight is 390 g/mol. The summed E-state index contributed by atoms with van der Waals surface area (Å²) in [5, 5.41) is 14.0. The Bertz CT molecular complexity index is 1040. The minimum absolute atomic E-state index is 0.654. The van der Waals surface area contributed by atoms with Crippen LogP contribution in [0.5, 0.6) is 5.75 Å². The number of methoxy groups -OCH3 is 1. The van der Waals surface area contributed by atoms with Crippen LogP contribution in [0.3, 0.4) is 0 Å². The molecule has 0 bridgehead atoms. The molecule has 4 rings (SSSR count). The summed E-state index contributed by atoms with van der Waals surface area (Å²) in [5.41, 5.74) is 2.11. The van der Waals surface area contributed by atoms with Gasteiger partial charge in [0.1, 0.15) is 11.5 Å². The van der Waals surface area contributed by atoms with Crippen molar-refractivity contribution >= 4 is 18.0 Å². The SMILES string of the molecule is COc1ccc(-c2nnc(SCc3ccccc3)n2N=Cc2ccco2)cc1. The van der Waals surface area contributed by atoms with Crippen LogP contribution in [0.25, 0.3) is 11.4 Å². The molecule has 0 fully saturated rings. The van der Waals surface area contributed by atoms with E-state index < -0.39 is 0 Å². The first-order chi connectivity index (χ1) is 13.8. The van der Waals surface area contributed by atoms with Gasteiger partial charge in [-0.3, -0.25) is 0 Å². The molecule has 2 aromatic carbocycles. The van der Waals surface area contributed by atoms with Crippen LogP contribution in [0.4, 0.5) is 0 Å². The van der Waals surface area contributed by atoms with Gasteiger partial charge in [-0.25, -0.2) is 0 Å².